The summed E-state index contributed by atoms with van der Waals surface area (Å²) < 4.78 is 2.08. The van der Waals surface area contributed by atoms with Crippen LogP contribution in [0, 0.1) is 0 Å². The second-order valence-electron chi connectivity index (χ2n) is 5.92. The zero-order valence-corrected chi connectivity index (χ0v) is 16.5. The molecule has 1 aliphatic rings. The molecule has 6 heteroatoms. The van der Waals surface area contributed by atoms with E-state index in [1.54, 1.807) is 0 Å². The van der Waals surface area contributed by atoms with Crippen molar-refractivity contribution in [2.24, 2.45) is 4.99 Å². The molecule has 0 spiro atoms. The first-order chi connectivity index (χ1) is 11.3. The lowest BCUT2D eigenvalue weighted by molar-refractivity contribution is 0.493. The molecular weight excluding hydrogens is 413 g/mol. The maximum absolute atomic E-state index is 4.82. The van der Waals surface area contributed by atoms with Gasteiger partial charge in [-0.3, -0.25) is 0 Å². The van der Waals surface area contributed by atoms with Gasteiger partial charge in [-0.05, 0) is 30.9 Å². The highest BCUT2D eigenvalue weighted by molar-refractivity contribution is 14.0. The molecule has 0 amide bonds. The Morgan fingerprint density at radius 3 is 2.75 bits per heavy atom. The van der Waals surface area contributed by atoms with Crippen molar-refractivity contribution < 1.29 is 0 Å². The number of guanidine groups is 1. The number of imidazole rings is 1. The SMILES string of the molecule is CCNC(=NCc1cccc(Cn2ccnc2)c1)N1CCCC1.I. The van der Waals surface area contributed by atoms with E-state index < -0.39 is 0 Å². The van der Waals surface area contributed by atoms with Crippen LogP contribution in [0.3, 0.4) is 0 Å². The highest BCUT2D eigenvalue weighted by Gasteiger charge is 2.15. The second kappa shape index (κ2) is 9.66. The monoisotopic (exact) mass is 439 g/mol. The lowest BCUT2D eigenvalue weighted by Gasteiger charge is -2.20. The molecule has 0 bridgehead atoms. The molecule has 2 aromatic rings. The average Bonchev–Trinajstić information content (AvgIpc) is 3.25. The molecule has 1 aliphatic heterocycles. The van der Waals surface area contributed by atoms with E-state index in [0.29, 0.717) is 0 Å². The van der Waals surface area contributed by atoms with Gasteiger partial charge in [0.1, 0.15) is 0 Å². The third-order valence-corrected chi connectivity index (χ3v) is 4.07. The summed E-state index contributed by atoms with van der Waals surface area (Å²) >= 11 is 0. The molecule has 0 aliphatic carbocycles. The zero-order valence-electron chi connectivity index (χ0n) is 14.2. The molecule has 3 rings (SSSR count). The first-order valence-corrected chi connectivity index (χ1v) is 8.42. The number of nitrogens with zero attached hydrogens (tertiary/aromatic N) is 4. The maximum Gasteiger partial charge on any atom is 0.194 e. The number of aliphatic imine (C=N–C) groups is 1. The molecule has 1 N–H and O–H groups in total. The number of nitrogens with one attached hydrogen (secondary N) is 1. The Hall–Kier alpha value is -1.57. The van der Waals surface area contributed by atoms with E-state index in [-0.39, 0.29) is 24.0 Å². The number of benzene rings is 1. The fourth-order valence-corrected chi connectivity index (χ4v) is 2.94. The van der Waals surface area contributed by atoms with Crippen LogP contribution in [0.5, 0.6) is 0 Å². The summed E-state index contributed by atoms with van der Waals surface area (Å²) in [6, 6.07) is 8.64. The molecule has 0 unspecified atom stereocenters. The van der Waals surface area contributed by atoms with E-state index in [4.69, 9.17) is 4.99 Å². The van der Waals surface area contributed by atoms with Gasteiger partial charge >= 0.3 is 0 Å². The molecule has 2 heterocycles. The van der Waals surface area contributed by atoms with Gasteiger partial charge in [0.25, 0.3) is 0 Å². The average molecular weight is 439 g/mol. The third-order valence-electron chi connectivity index (χ3n) is 4.07. The normalized spacial score (nSPS) is 14.5. The van der Waals surface area contributed by atoms with E-state index in [9.17, 15) is 0 Å². The van der Waals surface area contributed by atoms with Crippen molar-refractivity contribution in [1.29, 1.82) is 0 Å². The van der Waals surface area contributed by atoms with Gasteiger partial charge in [0.15, 0.2) is 5.96 Å². The van der Waals surface area contributed by atoms with Crippen LogP contribution < -0.4 is 5.32 Å². The summed E-state index contributed by atoms with van der Waals surface area (Å²) in [6.45, 7) is 6.84. The number of rotatable bonds is 5. The Bertz CT molecular complexity index is 633. The van der Waals surface area contributed by atoms with Crippen LogP contribution in [0.2, 0.25) is 0 Å². The van der Waals surface area contributed by atoms with Crippen molar-refractivity contribution in [1.82, 2.24) is 19.8 Å². The smallest absolute Gasteiger partial charge is 0.194 e. The molecule has 24 heavy (non-hydrogen) atoms. The fraction of sp³-hybridized carbons (Fsp3) is 0.444. The minimum atomic E-state index is 0. The summed E-state index contributed by atoms with van der Waals surface area (Å²) in [5.74, 6) is 1.05. The Balaban J connectivity index is 0.00000208. The molecule has 0 atom stereocenters. The van der Waals surface area contributed by atoms with Crippen molar-refractivity contribution in [3.05, 3.63) is 54.1 Å². The molecule has 0 radical (unpaired) electrons. The Labute approximate surface area is 161 Å². The Morgan fingerprint density at radius 2 is 2.04 bits per heavy atom. The summed E-state index contributed by atoms with van der Waals surface area (Å²) in [6.07, 6.45) is 8.19. The van der Waals surface area contributed by atoms with Crippen LogP contribution in [0.15, 0.2) is 48.0 Å². The quantitative estimate of drug-likeness (QED) is 0.443. The van der Waals surface area contributed by atoms with Gasteiger partial charge in [-0.15, -0.1) is 24.0 Å². The van der Waals surface area contributed by atoms with Gasteiger partial charge in [0.2, 0.25) is 0 Å². The van der Waals surface area contributed by atoms with Gasteiger partial charge in [0, 0.05) is 38.6 Å². The summed E-state index contributed by atoms with van der Waals surface area (Å²) in [4.78, 5) is 11.3. The maximum atomic E-state index is 4.82. The number of halogens is 1. The van der Waals surface area contributed by atoms with Crippen LogP contribution in [0.1, 0.15) is 30.9 Å². The topological polar surface area (TPSA) is 45.5 Å². The lowest BCUT2D eigenvalue weighted by atomic mass is 10.1. The van der Waals surface area contributed by atoms with Crippen LogP contribution in [-0.4, -0.2) is 40.0 Å². The Kier molecular flexibility index (Phi) is 7.55. The van der Waals surface area contributed by atoms with E-state index in [1.807, 2.05) is 18.7 Å². The fourth-order valence-electron chi connectivity index (χ4n) is 2.94. The molecule has 1 fully saturated rings. The largest absolute Gasteiger partial charge is 0.357 e. The number of likely N-dealkylation sites (tertiary alicyclic amines) is 1. The van der Waals surface area contributed by atoms with Gasteiger partial charge < -0.3 is 14.8 Å². The lowest BCUT2D eigenvalue weighted by Crippen LogP contribution is -2.39. The van der Waals surface area contributed by atoms with Gasteiger partial charge in [-0.2, -0.15) is 0 Å². The first-order valence-electron chi connectivity index (χ1n) is 8.42. The van der Waals surface area contributed by atoms with E-state index in [2.05, 4.69) is 51.0 Å². The Morgan fingerprint density at radius 1 is 1.25 bits per heavy atom. The van der Waals surface area contributed by atoms with Crippen LogP contribution in [-0.2, 0) is 13.1 Å². The summed E-state index contributed by atoms with van der Waals surface area (Å²) in [5.41, 5.74) is 2.53. The molecule has 1 saturated heterocycles. The molecular formula is C18H26IN5. The molecule has 130 valence electrons. The van der Waals surface area contributed by atoms with Crippen LogP contribution >= 0.6 is 24.0 Å². The van der Waals surface area contributed by atoms with Gasteiger partial charge in [-0.25, -0.2) is 9.98 Å². The summed E-state index contributed by atoms with van der Waals surface area (Å²) in [5, 5.41) is 3.41. The minimum Gasteiger partial charge on any atom is -0.357 e. The molecule has 1 aromatic carbocycles. The number of hydrogen-bond acceptors (Lipinski definition) is 2. The van der Waals surface area contributed by atoms with Crippen LogP contribution in [0.4, 0.5) is 0 Å². The van der Waals surface area contributed by atoms with Gasteiger partial charge in [0.05, 0.1) is 12.9 Å². The first kappa shape index (κ1) is 18.8. The predicted octanol–water partition coefficient (Wildman–Crippen LogP) is 3.11. The molecule has 5 nitrogen and oxygen atoms in total. The number of hydrogen-bond donors (Lipinski definition) is 1. The highest BCUT2D eigenvalue weighted by atomic mass is 127. The predicted molar refractivity (Wildman–Crippen MR) is 109 cm³/mol. The number of aromatic nitrogens is 2. The minimum absolute atomic E-state index is 0. The second-order valence-corrected chi connectivity index (χ2v) is 5.92. The molecule has 1 aromatic heterocycles. The standard InChI is InChI=1S/C18H25N5.HI/c1-2-20-18(23-9-3-4-10-23)21-13-16-6-5-7-17(12-16)14-22-11-8-19-15-22;/h5-8,11-12,15H,2-4,9-10,13-14H2,1H3,(H,20,21);1H. The summed E-state index contributed by atoms with van der Waals surface area (Å²) in [7, 11) is 0. The van der Waals surface area contributed by atoms with Crippen molar-refractivity contribution in [3.8, 4) is 0 Å². The van der Waals surface area contributed by atoms with Crippen molar-refractivity contribution in [3.63, 3.8) is 0 Å². The van der Waals surface area contributed by atoms with Crippen molar-refractivity contribution >= 4 is 29.9 Å². The van der Waals surface area contributed by atoms with Crippen molar-refractivity contribution in [2.75, 3.05) is 19.6 Å². The van der Waals surface area contributed by atoms with E-state index >= 15 is 0 Å². The third kappa shape index (κ3) is 5.22. The zero-order chi connectivity index (χ0) is 15.9. The molecule has 0 saturated carbocycles. The van der Waals surface area contributed by atoms with Gasteiger partial charge in [-0.1, -0.05) is 24.3 Å². The van der Waals surface area contributed by atoms with Crippen LogP contribution in [0.25, 0.3) is 0 Å². The van der Waals surface area contributed by atoms with E-state index in [1.165, 1.54) is 24.0 Å². The van der Waals surface area contributed by atoms with Crippen molar-refractivity contribution in [2.45, 2.75) is 32.9 Å². The van der Waals surface area contributed by atoms with E-state index in [0.717, 1.165) is 38.7 Å². The highest BCUT2D eigenvalue weighted by Crippen LogP contribution is 2.11.